The Kier molecular flexibility index (Phi) is 5.43. The van der Waals surface area contributed by atoms with Crippen LogP contribution in [-0.2, 0) is 10.0 Å². The first-order valence-corrected chi connectivity index (χ1v) is 8.11. The van der Waals surface area contributed by atoms with E-state index in [1.54, 1.807) is 13.8 Å². The zero-order valence-electron chi connectivity index (χ0n) is 12.6. The van der Waals surface area contributed by atoms with Crippen LogP contribution < -0.4 is 10.5 Å². The van der Waals surface area contributed by atoms with Crippen molar-refractivity contribution in [3.63, 3.8) is 0 Å². The van der Waals surface area contributed by atoms with Crippen molar-refractivity contribution >= 4 is 15.7 Å². The molecule has 7 nitrogen and oxygen atoms in total. The second-order valence-electron chi connectivity index (χ2n) is 5.03. The third-order valence-electron chi connectivity index (χ3n) is 3.41. The molecule has 0 aliphatic rings. The minimum absolute atomic E-state index is 0.0355. The molecule has 0 saturated heterocycles. The predicted molar refractivity (Wildman–Crippen MR) is 80.8 cm³/mol. The third-order valence-corrected chi connectivity index (χ3v) is 5.22. The van der Waals surface area contributed by atoms with E-state index in [9.17, 15) is 18.5 Å². The number of nitro benzene ring substituents is 1. The molecule has 1 atom stereocenters. The average molecular weight is 315 g/mol. The summed E-state index contributed by atoms with van der Waals surface area (Å²) < 4.78 is 27.5. The van der Waals surface area contributed by atoms with Crippen molar-refractivity contribution in [1.82, 2.24) is 4.72 Å². The Morgan fingerprint density at radius 3 is 2.33 bits per heavy atom. The third kappa shape index (κ3) is 3.58. The fourth-order valence-electron chi connectivity index (χ4n) is 2.43. The molecule has 0 amide bonds. The molecule has 0 aliphatic heterocycles. The van der Waals surface area contributed by atoms with E-state index < -0.39 is 21.0 Å². The van der Waals surface area contributed by atoms with Gasteiger partial charge in [-0.3, -0.25) is 10.1 Å². The van der Waals surface area contributed by atoms with Crippen LogP contribution in [0.4, 0.5) is 5.69 Å². The molecule has 0 aliphatic carbocycles. The number of hydrogen-bond acceptors (Lipinski definition) is 5. The van der Waals surface area contributed by atoms with Crippen LogP contribution in [0.2, 0.25) is 0 Å². The normalized spacial score (nSPS) is 13.2. The van der Waals surface area contributed by atoms with Crippen LogP contribution in [0.1, 0.15) is 30.0 Å². The molecule has 0 aromatic heterocycles. The van der Waals surface area contributed by atoms with Crippen LogP contribution in [0, 0.1) is 30.9 Å². The van der Waals surface area contributed by atoms with E-state index >= 15 is 0 Å². The number of hydrogen-bond donors (Lipinski definition) is 2. The Labute approximate surface area is 124 Å². The van der Waals surface area contributed by atoms with Gasteiger partial charge >= 0.3 is 0 Å². The minimum Gasteiger partial charge on any atom is -0.329 e. The fraction of sp³-hybridized carbons (Fsp3) is 0.538. The van der Waals surface area contributed by atoms with Crippen molar-refractivity contribution in [3.8, 4) is 0 Å². The van der Waals surface area contributed by atoms with Gasteiger partial charge in [-0.15, -0.1) is 0 Å². The van der Waals surface area contributed by atoms with Gasteiger partial charge < -0.3 is 5.73 Å². The molecule has 0 radical (unpaired) electrons. The lowest BCUT2D eigenvalue weighted by molar-refractivity contribution is -0.386. The average Bonchev–Trinajstić information content (AvgIpc) is 2.34. The molecule has 3 N–H and O–H groups in total. The van der Waals surface area contributed by atoms with E-state index in [0.717, 1.165) is 0 Å². The van der Waals surface area contributed by atoms with Crippen molar-refractivity contribution in [3.05, 3.63) is 32.9 Å². The molecule has 0 spiro atoms. The van der Waals surface area contributed by atoms with E-state index in [4.69, 9.17) is 5.73 Å². The molecule has 0 bridgehead atoms. The molecular formula is C13H21N3O4S. The van der Waals surface area contributed by atoms with Gasteiger partial charge in [0, 0.05) is 23.7 Å². The van der Waals surface area contributed by atoms with E-state index in [0.29, 0.717) is 17.5 Å². The maximum atomic E-state index is 12.5. The topological polar surface area (TPSA) is 115 Å². The number of rotatable bonds is 6. The zero-order chi connectivity index (χ0) is 16.4. The summed E-state index contributed by atoms with van der Waals surface area (Å²) in [6.07, 6.45) is 0.543. The lowest BCUT2D eigenvalue weighted by Crippen LogP contribution is -2.40. The van der Waals surface area contributed by atoms with Gasteiger partial charge in [0.15, 0.2) is 0 Å². The second-order valence-corrected chi connectivity index (χ2v) is 6.68. The summed E-state index contributed by atoms with van der Waals surface area (Å²) in [5.41, 5.74) is 6.42. The van der Waals surface area contributed by atoms with Gasteiger partial charge in [0.05, 0.1) is 9.82 Å². The summed E-state index contributed by atoms with van der Waals surface area (Å²) in [4.78, 5) is 10.6. The summed E-state index contributed by atoms with van der Waals surface area (Å²) in [6.45, 7) is 6.66. The second kappa shape index (κ2) is 6.50. The Morgan fingerprint density at radius 2 is 1.90 bits per heavy atom. The predicted octanol–water partition coefficient (Wildman–Crippen LogP) is 1.54. The van der Waals surface area contributed by atoms with Crippen molar-refractivity contribution in [1.29, 1.82) is 0 Å². The number of nitrogens with two attached hydrogens (primary N) is 1. The lowest BCUT2D eigenvalue weighted by atomic mass is 10.1. The summed E-state index contributed by atoms with van der Waals surface area (Å²) in [6, 6.07) is 1.12. The number of sulfonamides is 1. The molecule has 8 heteroatoms. The Balaban J connectivity index is 3.49. The Hall–Kier alpha value is -1.51. The van der Waals surface area contributed by atoms with Crippen LogP contribution in [0.15, 0.2) is 11.0 Å². The molecule has 0 heterocycles. The van der Waals surface area contributed by atoms with Gasteiger partial charge in [0.1, 0.15) is 0 Å². The highest BCUT2D eigenvalue weighted by atomic mass is 32.2. The first-order valence-electron chi connectivity index (χ1n) is 6.63. The number of nitrogens with zero attached hydrogens (tertiary/aromatic N) is 1. The van der Waals surface area contributed by atoms with Gasteiger partial charge in [0.2, 0.25) is 10.0 Å². The van der Waals surface area contributed by atoms with Crippen LogP contribution in [-0.4, -0.2) is 25.9 Å². The van der Waals surface area contributed by atoms with Gasteiger partial charge in [-0.1, -0.05) is 6.92 Å². The molecule has 1 aromatic carbocycles. The highest BCUT2D eigenvalue weighted by molar-refractivity contribution is 7.89. The number of nitro groups is 1. The smallest absolute Gasteiger partial charge is 0.276 e. The molecule has 1 aromatic rings. The maximum Gasteiger partial charge on any atom is 0.276 e. The molecule has 1 rings (SSSR count). The summed E-state index contributed by atoms with van der Waals surface area (Å²) in [5.74, 6) is 0. The van der Waals surface area contributed by atoms with Crippen molar-refractivity contribution in [2.45, 2.75) is 45.1 Å². The molecule has 0 saturated carbocycles. The van der Waals surface area contributed by atoms with Gasteiger partial charge in [-0.05, 0) is 38.8 Å². The van der Waals surface area contributed by atoms with E-state index in [-0.39, 0.29) is 22.7 Å². The van der Waals surface area contributed by atoms with Crippen LogP contribution in [0.25, 0.3) is 0 Å². The van der Waals surface area contributed by atoms with Crippen molar-refractivity contribution < 1.29 is 13.3 Å². The first-order chi connectivity index (χ1) is 9.65. The van der Waals surface area contributed by atoms with Crippen LogP contribution in [0.3, 0.4) is 0 Å². The number of nitrogens with one attached hydrogen (secondary N) is 1. The van der Waals surface area contributed by atoms with Crippen molar-refractivity contribution in [2.24, 2.45) is 5.73 Å². The molecule has 0 fully saturated rings. The van der Waals surface area contributed by atoms with Gasteiger partial charge in [-0.2, -0.15) is 0 Å². The standard InChI is InChI=1S/C13H21N3O4S/c1-5-11(7-14)15-21(19,20)13-9(3)6-8(2)12(10(13)4)16(17)18/h6,11,15H,5,7,14H2,1-4H3. The molecule has 1 unspecified atom stereocenters. The van der Waals surface area contributed by atoms with E-state index in [1.807, 2.05) is 6.92 Å². The number of aryl methyl sites for hydroxylation is 2. The summed E-state index contributed by atoms with van der Waals surface area (Å²) in [5, 5.41) is 11.1. The largest absolute Gasteiger partial charge is 0.329 e. The SMILES string of the molecule is CCC(CN)NS(=O)(=O)c1c(C)cc(C)c([N+](=O)[O-])c1C. The molecule has 21 heavy (non-hydrogen) atoms. The van der Waals surface area contributed by atoms with E-state index in [1.165, 1.54) is 13.0 Å². The number of benzene rings is 1. The Morgan fingerprint density at radius 1 is 1.33 bits per heavy atom. The summed E-state index contributed by atoms with van der Waals surface area (Å²) in [7, 11) is -3.85. The van der Waals surface area contributed by atoms with Gasteiger partial charge in [0.25, 0.3) is 5.69 Å². The quantitative estimate of drug-likeness (QED) is 0.610. The fourth-order valence-corrected chi connectivity index (χ4v) is 4.23. The van der Waals surface area contributed by atoms with Crippen molar-refractivity contribution in [2.75, 3.05) is 6.54 Å². The highest BCUT2D eigenvalue weighted by Gasteiger charge is 2.28. The molecule has 118 valence electrons. The zero-order valence-corrected chi connectivity index (χ0v) is 13.5. The van der Waals surface area contributed by atoms with Gasteiger partial charge in [-0.25, -0.2) is 13.1 Å². The minimum atomic E-state index is -3.85. The monoisotopic (exact) mass is 315 g/mol. The first kappa shape index (κ1) is 17.5. The van der Waals surface area contributed by atoms with Crippen LogP contribution in [0.5, 0.6) is 0 Å². The van der Waals surface area contributed by atoms with E-state index in [2.05, 4.69) is 4.72 Å². The van der Waals surface area contributed by atoms with Crippen LogP contribution >= 0.6 is 0 Å². The Bertz CT molecular complexity index is 652. The lowest BCUT2D eigenvalue weighted by Gasteiger charge is -2.18. The maximum absolute atomic E-state index is 12.5. The molecular weight excluding hydrogens is 294 g/mol. The summed E-state index contributed by atoms with van der Waals surface area (Å²) >= 11 is 0. The highest BCUT2D eigenvalue weighted by Crippen LogP contribution is 2.31.